The van der Waals surface area contributed by atoms with Crippen LogP contribution in [0.2, 0.25) is 5.02 Å². The van der Waals surface area contributed by atoms with Crippen molar-refractivity contribution in [3.63, 3.8) is 0 Å². The maximum atomic E-state index is 12.7. The maximum Gasteiger partial charge on any atom is 0.292 e. The van der Waals surface area contributed by atoms with Gasteiger partial charge in [-0.1, -0.05) is 35.9 Å². The van der Waals surface area contributed by atoms with Crippen molar-refractivity contribution in [2.75, 3.05) is 37.6 Å². The van der Waals surface area contributed by atoms with Crippen LogP contribution in [-0.4, -0.2) is 59.2 Å². The molecular formula is C22H22ClN5O3S. The normalized spacial score (nSPS) is 13.8. The molecule has 1 aromatic carbocycles. The number of thiophene rings is 1. The van der Waals surface area contributed by atoms with E-state index in [4.69, 9.17) is 11.6 Å². The highest BCUT2D eigenvalue weighted by Gasteiger charge is 2.24. The second kappa shape index (κ2) is 9.97. The summed E-state index contributed by atoms with van der Waals surface area (Å²) in [5, 5.41) is 9.00. The fourth-order valence-electron chi connectivity index (χ4n) is 3.53. The van der Waals surface area contributed by atoms with E-state index in [1.807, 2.05) is 34.5 Å². The zero-order chi connectivity index (χ0) is 22.5. The highest BCUT2D eigenvalue weighted by atomic mass is 35.5. The molecule has 0 atom stereocenters. The molecule has 0 unspecified atom stereocenters. The minimum Gasteiger partial charge on any atom is -0.365 e. The van der Waals surface area contributed by atoms with Crippen molar-refractivity contribution in [1.29, 1.82) is 0 Å². The summed E-state index contributed by atoms with van der Waals surface area (Å²) in [6.45, 7) is 2.40. The second-order valence-electron chi connectivity index (χ2n) is 7.25. The Morgan fingerprint density at radius 2 is 1.81 bits per heavy atom. The highest BCUT2D eigenvalue weighted by molar-refractivity contribution is 7.12. The van der Waals surface area contributed by atoms with Crippen molar-refractivity contribution in [2.24, 2.45) is 0 Å². The first kappa shape index (κ1) is 22.0. The summed E-state index contributed by atoms with van der Waals surface area (Å²) in [7, 11) is 0. The largest absolute Gasteiger partial charge is 0.365 e. The first-order valence-electron chi connectivity index (χ1n) is 10.2. The van der Waals surface area contributed by atoms with Gasteiger partial charge in [0.2, 0.25) is 5.91 Å². The maximum absolute atomic E-state index is 12.7. The first-order chi connectivity index (χ1) is 15.5. The molecule has 166 valence electrons. The minimum absolute atomic E-state index is 0.0140. The van der Waals surface area contributed by atoms with Crippen LogP contribution < -0.4 is 15.8 Å². The van der Waals surface area contributed by atoms with E-state index >= 15 is 0 Å². The zero-order valence-electron chi connectivity index (χ0n) is 17.2. The molecule has 1 N–H and O–H groups in total. The van der Waals surface area contributed by atoms with Crippen LogP contribution in [0.15, 0.2) is 58.8 Å². The zero-order valence-corrected chi connectivity index (χ0v) is 18.8. The Morgan fingerprint density at radius 1 is 1.06 bits per heavy atom. The van der Waals surface area contributed by atoms with Gasteiger partial charge in [0.1, 0.15) is 5.02 Å². The van der Waals surface area contributed by atoms with Gasteiger partial charge in [0.05, 0.1) is 22.4 Å². The van der Waals surface area contributed by atoms with E-state index in [-0.39, 0.29) is 28.8 Å². The Hall–Kier alpha value is -3.17. The molecule has 0 aliphatic carbocycles. The fourth-order valence-corrected chi connectivity index (χ4v) is 4.42. The van der Waals surface area contributed by atoms with Gasteiger partial charge in [0, 0.05) is 39.1 Å². The summed E-state index contributed by atoms with van der Waals surface area (Å²) in [5.41, 5.74) is 0.835. The quantitative estimate of drug-likeness (QED) is 0.596. The number of hydrogen-bond donors (Lipinski definition) is 1. The van der Waals surface area contributed by atoms with E-state index in [0.717, 1.165) is 0 Å². The number of nitrogens with zero attached hydrogens (tertiary/aromatic N) is 4. The molecule has 0 bridgehead atoms. The summed E-state index contributed by atoms with van der Waals surface area (Å²) in [6.07, 6.45) is 1.83. The topological polar surface area (TPSA) is 87.5 Å². The van der Waals surface area contributed by atoms with E-state index in [2.05, 4.69) is 10.4 Å². The smallest absolute Gasteiger partial charge is 0.292 e. The average molecular weight is 472 g/mol. The number of para-hydroxylation sites is 1. The van der Waals surface area contributed by atoms with Crippen LogP contribution in [0.5, 0.6) is 0 Å². The van der Waals surface area contributed by atoms with E-state index in [1.54, 1.807) is 29.3 Å². The van der Waals surface area contributed by atoms with E-state index in [0.29, 0.717) is 49.0 Å². The van der Waals surface area contributed by atoms with Gasteiger partial charge < -0.3 is 15.1 Å². The number of carbonyl (C=O) groups excluding carboxylic acids is 2. The molecule has 32 heavy (non-hydrogen) atoms. The number of anilines is 1. The second-order valence-corrected chi connectivity index (χ2v) is 8.57. The van der Waals surface area contributed by atoms with Gasteiger partial charge in [-0.3, -0.25) is 14.4 Å². The van der Waals surface area contributed by atoms with Crippen molar-refractivity contribution in [3.05, 3.63) is 74.3 Å². The summed E-state index contributed by atoms with van der Waals surface area (Å²) in [4.78, 5) is 41.5. The number of rotatable bonds is 6. The van der Waals surface area contributed by atoms with Gasteiger partial charge in [-0.25, -0.2) is 0 Å². The molecule has 1 aliphatic rings. The standard InChI is InChI=1S/C22H22ClN5O3S/c23-20-17(15-25-28(22(20)31)16-5-2-1-3-6-16)26-10-12-27(13-11-26)19(29)8-9-24-21(30)18-7-4-14-32-18/h1-7,14-15H,8-13H2,(H,24,30). The third-order valence-electron chi connectivity index (χ3n) is 5.24. The Morgan fingerprint density at radius 3 is 2.50 bits per heavy atom. The molecular weight excluding hydrogens is 450 g/mol. The Balaban J connectivity index is 1.31. The molecule has 10 heteroatoms. The number of hydrogen-bond acceptors (Lipinski definition) is 6. The Kier molecular flexibility index (Phi) is 6.87. The molecule has 4 rings (SSSR count). The Labute approximate surface area is 194 Å². The Bertz CT molecular complexity index is 1140. The van der Waals surface area contributed by atoms with Gasteiger partial charge in [-0.2, -0.15) is 9.78 Å². The lowest BCUT2D eigenvalue weighted by molar-refractivity contribution is -0.131. The number of aromatic nitrogens is 2. The van der Waals surface area contributed by atoms with Crippen LogP contribution >= 0.6 is 22.9 Å². The number of piperazine rings is 1. The highest BCUT2D eigenvalue weighted by Crippen LogP contribution is 2.23. The number of benzene rings is 1. The molecule has 1 aliphatic heterocycles. The van der Waals surface area contributed by atoms with Crippen LogP contribution in [-0.2, 0) is 4.79 Å². The molecule has 0 radical (unpaired) electrons. The molecule has 3 heterocycles. The molecule has 1 fully saturated rings. The predicted molar refractivity (Wildman–Crippen MR) is 125 cm³/mol. The van der Waals surface area contributed by atoms with Crippen LogP contribution in [0.25, 0.3) is 5.69 Å². The molecule has 1 saturated heterocycles. The summed E-state index contributed by atoms with van der Waals surface area (Å²) in [6, 6.07) is 12.7. The van der Waals surface area contributed by atoms with Gasteiger partial charge in [0.25, 0.3) is 11.5 Å². The molecule has 3 aromatic rings. The van der Waals surface area contributed by atoms with Crippen molar-refractivity contribution < 1.29 is 9.59 Å². The van der Waals surface area contributed by atoms with Crippen molar-refractivity contribution in [1.82, 2.24) is 20.0 Å². The van der Waals surface area contributed by atoms with Gasteiger partial charge >= 0.3 is 0 Å². The van der Waals surface area contributed by atoms with Crippen LogP contribution in [0.3, 0.4) is 0 Å². The summed E-state index contributed by atoms with van der Waals surface area (Å²) in [5.74, 6) is -0.176. The lowest BCUT2D eigenvalue weighted by Crippen LogP contribution is -2.49. The van der Waals surface area contributed by atoms with Gasteiger partial charge in [-0.05, 0) is 23.6 Å². The van der Waals surface area contributed by atoms with Crippen LogP contribution in [0.1, 0.15) is 16.1 Å². The monoisotopic (exact) mass is 471 g/mol. The lowest BCUT2D eigenvalue weighted by atomic mass is 10.2. The minimum atomic E-state index is -0.379. The van der Waals surface area contributed by atoms with Crippen molar-refractivity contribution in [2.45, 2.75) is 6.42 Å². The van der Waals surface area contributed by atoms with Crippen LogP contribution in [0, 0.1) is 0 Å². The van der Waals surface area contributed by atoms with Gasteiger partial charge in [-0.15, -0.1) is 11.3 Å². The molecule has 2 amide bonds. The fraction of sp³-hybridized carbons (Fsp3) is 0.273. The number of halogens is 1. The number of amides is 2. The average Bonchev–Trinajstić information content (AvgIpc) is 3.37. The summed E-state index contributed by atoms with van der Waals surface area (Å²) < 4.78 is 1.27. The van der Waals surface area contributed by atoms with Crippen molar-refractivity contribution in [3.8, 4) is 5.69 Å². The SMILES string of the molecule is O=C(NCCC(=O)N1CCN(c2cnn(-c3ccccc3)c(=O)c2Cl)CC1)c1cccs1. The number of carbonyl (C=O) groups is 2. The summed E-state index contributed by atoms with van der Waals surface area (Å²) >= 11 is 7.75. The predicted octanol–water partition coefficient (Wildman–Crippen LogP) is 2.42. The van der Waals surface area contributed by atoms with Gasteiger partial charge in [0.15, 0.2) is 0 Å². The third kappa shape index (κ3) is 4.84. The van der Waals surface area contributed by atoms with E-state index in [1.165, 1.54) is 16.0 Å². The number of nitrogens with one attached hydrogen (secondary N) is 1. The molecule has 2 aromatic heterocycles. The molecule has 0 spiro atoms. The van der Waals surface area contributed by atoms with Crippen molar-refractivity contribution >= 4 is 40.4 Å². The molecule has 8 nitrogen and oxygen atoms in total. The lowest BCUT2D eigenvalue weighted by Gasteiger charge is -2.36. The van der Waals surface area contributed by atoms with Crippen LogP contribution in [0.4, 0.5) is 5.69 Å². The first-order valence-corrected chi connectivity index (χ1v) is 11.5. The third-order valence-corrected chi connectivity index (χ3v) is 6.47. The van der Waals surface area contributed by atoms with E-state index < -0.39 is 0 Å². The van der Waals surface area contributed by atoms with E-state index in [9.17, 15) is 14.4 Å². The molecule has 0 saturated carbocycles.